The lowest BCUT2D eigenvalue weighted by Gasteiger charge is -2.39. The molecular weight excluding hydrogens is 481 g/mol. The lowest BCUT2D eigenvalue weighted by atomic mass is 9.93. The van der Waals surface area contributed by atoms with Gasteiger partial charge in [0.2, 0.25) is 5.43 Å². The number of halogens is 1. The van der Waals surface area contributed by atoms with Crippen LogP contribution in [0.2, 0.25) is 0 Å². The molecular formula is C26H26FN5O3S. The van der Waals surface area contributed by atoms with Crippen molar-refractivity contribution < 1.29 is 13.9 Å². The summed E-state index contributed by atoms with van der Waals surface area (Å²) in [5.41, 5.74) is 7.50. The summed E-state index contributed by atoms with van der Waals surface area (Å²) < 4.78 is 23.7. The third-order valence-corrected chi connectivity index (χ3v) is 8.17. The number of nitrogen functional groups attached to an aromatic ring is 1. The number of rotatable bonds is 6. The second-order valence-electron chi connectivity index (χ2n) is 9.51. The summed E-state index contributed by atoms with van der Waals surface area (Å²) >= 11 is 1.52. The van der Waals surface area contributed by atoms with E-state index in [1.165, 1.54) is 18.7 Å². The van der Waals surface area contributed by atoms with Crippen LogP contribution in [0, 0.1) is 5.82 Å². The number of nitrogens with zero attached hydrogens (tertiary/aromatic N) is 2. The molecule has 1 aliphatic heterocycles. The number of nitrogens with two attached hydrogens (primary N) is 1. The molecule has 0 radical (unpaired) electrons. The number of aromatic amines is 1. The van der Waals surface area contributed by atoms with E-state index in [1.54, 1.807) is 6.20 Å². The zero-order chi connectivity index (χ0) is 25.0. The second-order valence-corrected chi connectivity index (χ2v) is 10.6. The van der Waals surface area contributed by atoms with Crippen molar-refractivity contribution in [3.63, 3.8) is 0 Å². The first-order valence-electron chi connectivity index (χ1n) is 12.1. The number of para-hydroxylation sites is 2. The molecule has 1 fully saturated rings. The van der Waals surface area contributed by atoms with Gasteiger partial charge in [0.15, 0.2) is 22.5 Å². The molecule has 0 atom stereocenters. The largest absolute Gasteiger partial charge is 0.487 e. The molecule has 2 aromatic heterocycles. The minimum absolute atomic E-state index is 0.0170. The molecule has 186 valence electrons. The van der Waals surface area contributed by atoms with Crippen LogP contribution in [0.15, 0.2) is 40.4 Å². The SMILES string of the molecule is CC(=O)c1cn2c3c(c(NCCSc4nc5ccccc5[nH]4)c(F)c(N)c3c1=O)OCC21CCCC1. The minimum atomic E-state index is -0.738. The number of anilines is 2. The van der Waals surface area contributed by atoms with Crippen LogP contribution < -0.4 is 21.2 Å². The van der Waals surface area contributed by atoms with Crippen molar-refractivity contribution in [2.75, 3.05) is 30.0 Å². The average molecular weight is 508 g/mol. The number of Topliss-reactive ketones (excluding diaryl/α,β-unsaturated/α-hetero) is 1. The van der Waals surface area contributed by atoms with E-state index in [4.69, 9.17) is 10.5 Å². The molecule has 36 heavy (non-hydrogen) atoms. The first kappa shape index (κ1) is 22.9. The molecule has 0 amide bonds. The van der Waals surface area contributed by atoms with Crippen molar-refractivity contribution in [2.45, 2.75) is 43.3 Å². The Bertz CT molecular complexity index is 1560. The first-order chi connectivity index (χ1) is 17.4. The molecule has 4 N–H and O–H groups in total. The maximum atomic E-state index is 15.6. The highest BCUT2D eigenvalue weighted by Crippen LogP contribution is 2.48. The monoisotopic (exact) mass is 507 g/mol. The van der Waals surface area contributed by atoms with E-state index in [9.17, 15) is 9.59 Å². The van der Waals surface area contributed by atoms with Crippen LogP contribution in [-0.2, 0) is 5.54 Å². The number of H-pyrrole nitrogens is 1. The number of nitrogens with one attached hydrogen (secondary N) is 2. The van der Waals surface area contributed by atoms with Crippen LogP contribution in [0.1, 0.15) is 43.0 Å². The lowest BCUT2D eigenvalue weighted by Crippen LogP contribution is -2.42. The van der Waals surface area contributed by atoms with Gasteiger partial charge in [0.05, 0.1) is 38.7 Å². The summed E-state index contributed by atoms with van der Waals surface area (Å²) in [5.74, 6) is -0.221. The fourth-order valence-electron chi connectivity index (χ4n) is 5.49. The van der Waals surface area contributed by atoms with Gasteiger partial charge in [0.25, 0.3) is 0 Å². The Balaban J connectivity index is 1.37. The Labute approximate surface area is 210 Å². The van der Waals surface area contributed by atoms with Crippen LogP contribution in [-0.4, -0.2) is 39.2 Å². The fraction of sp³-hybridized carbons (Fsp3) is 0.346. The summed E-state index contributed by atoms with van der Waals surface area (Å²) in [7, 11) is 0. The molecule has 1 saturated carbocycles. The van der Waals surface area contributed by atoms with E-state index in [-0.39, 0.29) is 39.4 Å². The fourth-order valence-corrected chi connectivity index (χ4v) is 6.23. The van der Waals surface area contributed by atoms with E-state index < -0.39 is 11.2 Å². The molecule has 4 aromatic rings. The summed E-state index contributed by atoms with van der Waals surface area (Å²) in [6.07, 6.45) is 5.37. The van der Waals surface area contributed by atoms with E-state index in [0.717, 1.165) is 41.9 Å². The molecule has 2 aliphatic rings. The van der Waals surface area contributed by atoms with Gasteiger partial charge in [-0.05, 0) is 31.9 Å². The van der Waals surface area contributed by atoms with Gasteiger partial charge in [-0.2, -0.15) is 0 Å². The number of carbonyl (C=O) groups excluding carboxylic acids is 1. The van der Waals surface area contributed by atoms with E-state index >= 15 is 4.39 Å². The molecule has 8 nitrogen and oxygen atoms in total. The highest BCUT2D eigenvalue weighted by atomic mass is 32.2. The number of fused-ring (bicyclic) bond motifs is 2. The van der Waals surface area contributed by atoms with E-state index in [2.05, 4.69) is 15.3 Å². The molecule has 1 spiro atoms. The van der Waals surface area contributed by atoms with Crippen LogP contribution >= 0.6 is 11.8 Å². The molecule has 1 aliphatic carbocycles. The third kappa shape index (κ3) is 3.46. The van der Waals surface area contributed by atoms with Gasteiger partial charge in [-0.25, -0.2) is 9.37 Å². The van der Waals surface area contributed by atoms with E-state index in [1.807, 2.05) is 28.8 Å². The maximum absolute atomic E-state index is 15.6. The predicted octanol–water partition coefficient (Wildman–Crippen LogP) is 4.67. The second kappa shape index (κ2) is 8.55. The summed E-state index contributed by atoms with van der Waals surface area (Å²) in [5, 5.41) is 3.94. The normalized spacial score (nSPS) is 16.1. The molecule has 0 unspecified atom stereocenters. The number of ketones is 1. The van der Waals surface area contributed by atoms with Crippen LogP contribution in [0.25, 0.3) is 21.9 Å². The number of thioether (sulfide) groups is 1. The van der Waals surface area contributed by atoms with Gasteiger partial charge in [-0.15, -0.1) is 0 Å². The van der Waals surface area contributed by atoms with Crippen LogP contribution in [0.4, 0.5) is 15.8 Å². The van der Waals surface area contributed by atoms with Crippen molar-refractivity contribution in [3.05, 3.63) is 52.1 Å². The van der Waals surface area contributed by atoms with Crippen LogP contribution in [0.3, 0.4) is 0 Å². The smallest absolute Gasteiger partial charge is 0.202 e. The zero-order valence-electron chi connectivity index (χ0n) is 19.8. The summed E-state index contributed by atoms with van der Waals surface area (Å²) in [6, 6.07) is 7.79. The van der Waals surface area contributed by atoms with Crippen molar-refractivity contribution in [1.29, 1.82) is 0 Å². The Morgan fingerprint density at radius 1 is 1.33 bits per heavy atom. The summed E-state index contributed by atoms with van der Waals surface area (Å²) in [4.78, 5) is 33.3. The quantitative estimate of drug-likeness (QED) is 0.150. The van der Waals surface area contributed by atoms with Crippen molar-refractivity contribution in [1.82, 2.24) is 14.5 Å². The molecule has 6 rings (SSSR count). The Morgan fingerprint density at radius 3 is 2.86 bits per heavy atom. The number of aromatic nitrogens is 3. The Morgan fingerprint density at radius 2 is 2.11 bits per heavy atom. The molecule has 0 bridgehead atoms. The third-order valence-electron chi connectivity index (χ3n) is 7.30. The predicted molar refractivity (Wildman–Crippen MR) is 140 cm³/mol. The first-order valence-corrected chi connectivity index (χ1v) is 13.0. The average Bonchev–Trinajstić information content (AvgIpc) is 3.50. The number of carbonyl (C=O) groups is 1. The van der Waals surface area contributed by atoms with Gasteiger partial charge in [0.1, 0.15) is 12.3 Å². The van der Waals surface area contributed by atoms with Gasteiger partial charge in [0, 0.05) is 18.5 Å². The Hall–Kier alpha value is -3.53. The van der Waals surface area contributed by atoms with Crippen molar-refractivity contribution >= 4 is 50.9 Å². The van der Waals surface area contributed by atoms with Crippen LogP contribution in [0.5, 0.6) is 5.75 Å². The van der Waals surface area contributed by atoms with Gasteiger partial charge in [-0.3, -0.25) is 9.59 Å². The van der Waals surface area contributed by atoms with Crippen molar-refractivity contribution in [2.24, 2.45) is 0 Å². The zero-order valence-corrected chi connectivity index (χ0v) is 20.6. The number of benzene rings is 2. The van der Waals surface area contributed by atoms with Crippen molar-refractivity contribution in [3.8, 4) is 5.75 Å². The standard InChI is InChI=1S/C26H26FN5O3S/c1-14(33)15-12-32-22-18(23(15)34)20(28)19(27)21(24(22)35-13-26(32)8-4-5-9-26)29-10-11-36-25-30-16-6-2-3-7-17(16)31-25/h2-3,6-7,12,29H,4-5,8-11,13,28H2,1H3,(H,30,31). The number of hydrogen-bond acceptors (Lipinski definition) is 7. The summed E-state index contributed by atoms with van der Waals surface area (Å²) in [6.45, 7) is 2.11. The topological polar surface area (TPSA) is 115 Å². The maximum Gasteiger partial charge on any atom is 0.202 e. The number of ether oxygens (including phenoxy) is 1. The molecule has 10 heteroatoms. The lowest BCUT2D eigenvalue weighted by molar-refractivity contribution is 0.101. The van der Waals surface area contributed by atoms with Gasteiger partial charge < -0.3 is 25.3 Å². The highest BCUT2D eigenvalue weighted by molar-refractivity contribution is 7.99. The number of pyridine rings is 1. The van der Waals surface area contributed by atoms with E-state index in [0.29, 0.717) is 24.4 Å². The highest BCUT2D eigenvalue weighted by Gasteiger charge is 2.42. The molecule has 2 aromatic carbocycles. The molecule has 3 heterocycles. The number of hydrogen-bond donors (Lipinski definition) is 3. The number of imidazole rings is 1. The molecule has 0 saturated heterocycles. The Kier molecular flexibility index (Phi) is 5.44. The minimum Gasteiger partial charge on any atom is -0.487 e. The van der Waals surface area contributed by atoms with Gasteiger partial charge >= 0.3 is 0 Å². The van der Waals surface area contributed by atoms with Gasteiger partial charge in [-0.1, -0.05) is 36.7 Å².